The van der Waals surface area contributed by atoms with Gasteiger partial charge in [0.1, 0.15) is 0 Å². The van der Waals surface area contributed by atoms with Crippen LogP contribution in [0.3, 0.4) is 0 Å². The number of aromatic nitrogens is 1. The van der Waals surface area contributed by atoms with E-state index in [2.05, 4.69) is 4.98 Å². The average Bonchev–Trinajstić information content (AvgIpc) is 2.84. The average molecular weight is 305 g/mol. The highest BCUT2D eigenvalue weighted by Crippen LogP contribution is 2.26. The van der Waals surface area contributed by atoms with Gasteiger partial charge < -0.3 is 10.7 Å². The van der Waals surface area contributed by atoms with Gasteiger partial charge in [-0.25, -0.2) is 0 Å². The molecule has 0 unspecified atom stereocenters. The van der Waals surface area contributed by atoms with Gasteiger partial charge in [0.25, 0.3) is 0 Å². The van der Waals surface area contributed by atoms with Gasteiger partial charge in [-0.2, -0.15) is 0 Å². The maximum atomic E-state index is 12.5. The quantitative estimate of drug-likeness (QED) is 0.548. The summed E-state index contributed by atoms with van der Waals surface area (Å²) in [6.07, 6.45) is 1.67. The number of carbonyl (C=O) groups is 1. The van der Waals surface area contributed by atoms with Gasteiger partial charge in [-0.1, -0.05) is 29.3 Å². The topological polar surface area (TPSA) is 58.9 Å². The molecule has 1 aromatic heterocycles. The van der Waals surface area contributed by atoms with Crippen molar-refractivity contribution < 1.29 is 4.79 Å². The summed E-state index contributed by atoms with van der Waals surface area (Å²) in [5.41, 5.74) is 8.03. The molecule has 0 aliphatic heterocycles. The van der Waals surface area contributed by atoms with Crippen LogP contribution >= 0.6 is 23.2 Å². The summed E-state index contributed by atoms with van der Waals surface area (Å²) in [4.78, 5) is 15.6. The second-order valence-electron chi connectivity index (χ2n) is 4.46. The number of rotatable bonds is 2. The zero-order chi connectivity index (χ0) is 14.3. The number of nitrogens with two attached hydrogens (primary N) is 1. The highest BCUT2D eigenvalue weighted by Gasteiger charge is 2.15. The van der Waals surface area contributed by atoms with Crippen molar-refractivity contribution in [1.82, 2.24) is 4.98 Å². The van der Waals surface area contributed by atoms with E-state index in [0.717, 1.165) is 10.9 Å². The van der Waals surface area contributed by atoms with Crippen molar-refractivity contribution in [2.24, 2.45) is 0 Å². The van der Waals surface area contributed by atoms with Crippen molar-refractivity contribution in [2.45, 2.75) is 0 Å². The van der Waals surface area contributed by atoms with E-state index >= 15 is 0 Å². The van der Waals surface area contributed by atoms with Crippen LogP contribution in [0.1, 0.15) is 15.9 Å². The van der Waals surface area contributed by atoms with Crippen LogP contribution in [0.5, 0.6) is 0 Å². The van der Waals surface area contributed by atoms with Gasteiger partial charge in [-0.15, -0.1) is 0 Å². The summed E-state index contributed by atoms with van der Waals surface area (Å²) in [5, 5.41) is 1.88. The van der Waals surface area contributed by atoms with Crippen molar-refractivity contribution in [2.75, 3.05) is 5.73 Å². The lowest BCUT2D eigenvalue weighted by atomic mass is 10.0. The van der Waals surface area contributed by atoms with Crippen molar-refractivity contribution in [3.05, 3.63) is 63.8 Å². The van der Waals surface area contributed by atoms with Crippen molar-refractivity contribution in [3.63, 3.8) is 0 Å². The Morgan fingerprint density at radius 3 is 2.65 bits per heavy atom. The van der Waals surface area contributed by atoms with Crippen LogP contribution in [0.2, 0.25) is 10.0 Å². The maximum absolute atomic E-state index is 12.5. The van der Waals surface area contributed by atoms with Gasteiger partial charge in [0.05, 0.1) is 10.7 Å². The van der Waals surface area contributed by atoms with E-state index < -0.39 is 0 Å². The lowest BCUT2D eigenvalue weighted by Gasteiger charge is -2.03. The number of carbonyl (C=O) groups excluding carboxylic acids is 1. The molecule has 2 aromatic carbocycles. The van der Waals surface area contributed by atoms with Crippen LogP contribution in [-0.2, 0) is 0 Å². The summed E-state index contributed by atoms with van der Waals surface area (Å²) >= 11 is 11.8. The Morgan fingerprint density at radius 2 is 1.90 bits per heavy atom. The molecule has 0 atom stereocenters. The Bertz CT molecular complexity index is 824. The maximum Gasteiger partial charge on any atom is 0.195 e. The van der Waals surface area contributed by atoms with Crippen molar-refractivity contribution >= 4 is 45.6 Å². The Hall–Kier alpha value is -1.97. The lowest BCUT2D eigenvalue weighted by Crippen LogP contribution is -2.01. The number of fused-ring (bicyclic) bond motifs is 1. The normalized spacial score (nSPS) is 10.9. The fraction of sp³-hybridized carbons (Fsp3) is 0. The van der Waals surface area contributed by atoms with Crippen LogP contribution in [0.25, 0.3) is 10.9 Å². The van der Waals surface area contributed by atoms with Crippen LogP contribution in [-0.4, -0.2) is 10.8 Å². The minimum atomic E-state index is -0.109. The fourth-order valence-corrected chi connectivity index (χ4v) is 2.42. The zero-order valence-electron chi connectivity index (χ0n) is 10.3. The summed E-state index contributed by atoms with van der Waals surface area (Å²) in [7, 11) is 0. The van der Waals surface area contributed by atoms with Gasteiger partial charge in [-0.3, -0.25) is 4.79 Å². The number of benzene rings is 2. The van der Waals surface area contributed by atoms with Crippen molar-refractivity contribution in [1.29, 1.82) is 0 Å². The molecule has 0 amide bonds. The predicted octanol–water partition coefficient (Wildman–Crippen LogP) is 4.29. The lowest BCUT2D eigenvalue weighted by molar-refractivity contribution is 0.104. The molecule has 0 spiro atoms. The number of hydrogen-bond donors (Lipinski definition) is 2. The molecule has 0 aliphatic carbocycles. The molecule has 3 nitrogen and oxygen atoms in total. The summed E-state index contributed by atoms with van der Waals surface area (Å²) in [6, 6.07) is 10.2. The zero-order valence-corrected chi connectivity index (χ0v) is 11.8. The highest BCUT2D eigenvalue weighted by molar-refractivity contribution is 6.33. The molecular weight excluding hydrogens is 295 g/mol. The number of H-pyrrole nitrogens is 1. The molecule has 0 fully saturated rings. The van der Waals surface area contributed by atoms with Gasteiger partial charge in [0, 0.05) is 33.2 Å². The third kappa shape index (κ3) is 2.15. The molecule has 3 N–H and O–H groups in total. The summed E-state index contributed by atoms with van der Waals surface area (Å²) in [6.45, 7) is 0. The standard InChI is InChI=1S/C15H10Cl2N2O/c16-9-2-3-10-11(7-19-14(10)6-9)15(20)8-1-4-12(17)13(18)5-8/h1-7,19H,18H2. The van der Waals surface area contributed by atoms with E-state index in [1.807, 2.05) is 6.07 Å². The molecule has 0 bridgehead atoms. The van der Waals surface area contributed by atoms with E-state index in [0.29, 0.717) is 26.9 Å². The predicted molar refractivity (Wildman–Crippen MR) is 82.6 cm³/mol. The van der Waals surface area contributed by atoms with Gasteiger partial charge in [-0.05, 0) is 30.3 Å². The number of nitrogen functional groups attached to an aromatic ring is 1. The highest BCUT2D eigenvalue weighted by atomic mass is 35.5. The van der Waals surface area contributed by atoms with E-state index in [1.54, 1.807) is 36.5 Å². The molecule has 3 rings (SSSR count). The first-order valence-electron chi connectivity index (χ1n) is 5.92. The molecule has 3 aromatic rings. The number of nitrogens with one attached hydrogen (secondary N) is 1. The van der Waals surface area contributed by atoms with Crippen LogP contribution in [0.15, 0.2) is 42.6 Å². The smallest absolute Gasteiger partial charge is 0.195 e. The number of aromatic amines is 1. The van der Waals surface area contributed by atoms with Gasteiger partial charge in [0.15, 0.2) is 5.78 Å². The second-order valence-corrected chi connectivity index (χ2v) is 5.30. The number of ketones is 1. The SMILES string of the molecule is Nc1cc(C(=O)c2c[nH]c3cc(Cl)ccc23)ccc1Cl. The minimum Gasteiger partial charge on any atom is -0.398 e. The second kappa shape index (κ2) is 4.85. The molecular formula is C15H10Cl2N2O. The number of anilines is 1. The summed E-state index contributed by atoms with van der Waals surface area (Å²) in [5.74, 6) is -0.109. The molecule has 0 saturated heterocycles. The first-order valence-corrected chi connectivity index (χ1v) is 6.68. The van der Waals surface area contributed by atoms with Crippen LogP contribution < -0.4 is 5.73 Å². The summed E-state index contributed by atoms with van der Waals surface area (Å²) < 4.78 is 0. The Kier molecular flexibility index (Phi) is 3.16. The third-order valence-electron chi connectivity index (χ3n) is 3.15. The van der Waals surface area contributed by atoms with Gasteiger partial charge in [0.2, 0.25) is 0 Å². The largest absolute Gasteiger partial charge is 0.398 e. The fourth-order valence-electron chi connectivity index (χ4n) is 2.13. The molecule has 0 radical (unpaired) electrons. The van der Waals surface area contributed by atoms with E-state index in [4.69, 9.17) is 28.9 Å². The Morgan fingerprint density at radius 1 is 1.10 bits per heavy atom. The first kappa shape index (κ1) is 13.0. The molecule has 0 saturated carbocycles. The van der Waals surface area contributed by atoms with Crippen LogP contribution in [0, 0.1) is 0 Å². The molecule has 1 heterocycles. The van der Waals surface area contributed by atoms with E-state index in [9.17, 15) is 4.79 Å². The Labute approximate surface area is 125 Å². The Balaban J connectivity index is 2.10. The number of hydrogen-bond acceptors (Lipinski definition) is 2. The van der Waals surface area contributed by atoms with Gasteiger partial charge >= 0.3 is 0 Å². The molecule has 100 valence electrons. The first-order chi connectivity index (χ1) is 9.56. The van der Waals surface area contributed by atoms with E-state index in [1.165, 1.54) is 0 Å². The number of halogens is 2. The minimum absolute atomic E-state index is 0.109. The van der Waals surface area contributed by atoms with Crippen molar-refractivity contribution in [3.8, 4) is 0 Å². The third-order valence-corrected chi connectivity index (χ3v) is 3.73. The molecule has 5 heteroatoms. The van der Waals surface area contributed by atoms with Crippen LogP contribution in [0.4, 0.5) is 5.69 Å². The molecule has 20 heavy (non-hydrogen) atoms. The molecule has 0 aliphatic rings. The monoisotopic (exact) mass is 304 g/mol. The van der Waals surface area contributed by atoms with E-state index in [-0.39, 0.29) is 5.78 Å².